The van der Waals surface area contributed by atoms with E-state index in [1.165, 1.54) is 12.1 Å². The molecule has 4 nitrogen and oxygen atoms in total. The van der Waals surface area contributed by atoms with Gasteiger partial charge in [0.1, 0.15) is 17.3 Å². The first-order valence-electron chi connectivity index (χ1n) is 6.25. The molecule has 1 aromatic rings. The van der Waals surface area contributed by atoms with Gasteiger partial charge in [-0.1, -0.05) is 0 Å². The van der Waals surface area contributed by atoms with E-state index >= 15 is 0 Å². The molecule has 1 heterocycles. The molecule has 106 valence electrons. The van der Waals surface area contributed by atoms with Crippen LogP contribution in [0.2, 0.25) is 0 Å². The molecule has 0 aliphatic carbocycles. The normalized spacial score (nSPS) is 19.8. The van der Waals surface area contributed by atoms with Gasteiger partial charge in [0, 0.05) is 19.6 Å². The van der Waals surface area contributed by atoms with Crippen LogP contribution in [0.4, 0.5) is 14.5 Å². The van der Waals surface area contributed by atoms with E-state index in [-0.39, 0.29) is 18.8 Å². The summed E-state index contributed by atoms with van der Waals surface area (Å²) in [6, 6.07) is 2.66. The molecule has 1 atom stereocenters. The molecule has 0 bridgehead atoms. The molecule has 0 spiro atoms. The number of nitrogens with one attached hydrogen (secondary N) is 1. The van der Waals surface area contributed by atoms with Crippen molar-refractivity contribution in [1.82, 2.24) is 5.32 Å². The van der Waals surface area contributed by atoms with E-state index < -0.39 is 17.7 Å². The second-order valence-corrected chi connectivity index (χ2v) is 4.56. The molecular formula is C13H18F2N2O2. The van der Waals surface area contributed by atoms with Crippen molar-refractivity contribution in [3.05, 3.63) is 29.3 Å². The number of aliphatic hydroxyl groups excluding tert-OH is 1. The number of anilines is 1. The Hall–Kier alpha value is -1.24. The van der Waals surface area contributed by atoms with Crippen LogP contribution in [0, 0.1) is 11.6 Å². The monoisotopic (exact) mass is 272 g/mol. The number of hydrogen-bond acceptors (Lipinski definition) is 4. The fourth-order valence-corrected chi connectivity index (χ4v) is 2.26. The second-order valence-electron chi connectivity index (χ2n) is 4.56. The number of halogens is 2. The molecule has 0 saturated carbocycles. The summed E-state index contributed by atoms with van der Waals surface area (Å²) >= 11 is 0. The lowest BCUT2D eigenvalue weighted by Crippen LogP contribution is -2.44. The lowest BCUT2D eigenvalue weighted by Gasteiger charge is -2.34. The van der Waals surface area contributed by atoms with E-state index in [1.807, 2.05) is 0 Å². The van der Waals surface area contributed by atoms with Crippen molar-refractivity contribution in [2.75, 3.05) is 38.3 Å². The van der Waals surface area contributed by atoms with E-state index in [4.69, 9.17) is 9.84 Å². The van der Waals surface area contributed by atoms with Gasteiger partial charge in [0.15, 0.2) is 0 Å². The quantitative estimate of drug-likeness (QED) is 0.854. The van der Waals surface area contributed by atoms with Crippen molar-refractivity contribution in [3.63, 3.8) is 0 Å². The zero-order chi connectivity index (χ0) is 13.8. The SMILES string of the molecule is CNCc1cc(F)c(N2CCOC(CO)C2)c(F)c1. The van der Waals surface area contributed by atoms with Crippen LogP contribution < -0.4 is 10.2 Å². The Bertz CT molecular complexity index is 420. The largest absolute Gasteiger partial charge is 0.394 e. The van der Waals surface area contributed by atoms with Crippen LogP contribution in [0.15, 0.2) is 12.1 Å². The Labute approximate surface area is 111 Å². The van der Waals surface area contributed by atoms with E-state index in [0.717, 1.165) is 0 Å². The molecule has 1 saturated heterocycles. The lowest BCUT2D eigenvalue weighted by atomic mass is 10.1. The predicted molar refractivity (Wildman–Crippen MR) is 68.2 cm³/mol. The van der Waals surface area contributed by atoms with Gasteiger partial charge in [-0.25, -0.2) is 8.78 Å². The summed E-state index contributed by atoms with van der Waals surface area (Å²) in [7, 11) is 1.72. The molecule has 0 radical (unpaired) electrons. The third-order valence-corrected chi connectivity index (χ3v) is 3.12. The fraction of sp³-hybridized carbons (Fsp3) is 0.538. The van der Waals surface area contributed by atoms with E-state index in [1.54, 1.807) is 11.9 Å². The smallest absolute Gasteiger partial charge is 0.149 e. The summed E-state index contributed by atoms with van der Waals surface area (Å²) in [5, 5.41) is 11.9. The van der Waals surface area contributed by atoms with Crippen molar-refractivity contribution in [2.24, 2.45) is 0 Å². The Morgan fingerprint density at radius 1 is 1.42 bits per heavy atom. The highest BCUT2D eigenvalue weighted by atomic mass is 19.1. The van der Waals surface area contributed by atoms with Gasteiger partial charge in [0.25, 0.3) is 0 Å². The average Bonchev–Trinajstić information content (AvgIpc) is 2.38. The van der Waals surface area contributed by atoms with Crippen molar-refractivity contribution < 1.29 is 18.6 Å². The third kappa shape index (κ3) is 3.20. The van der Waals surface area contributed by atoms with Crippen LogP contribution in [0.3, 0.4) is 0 Å². The van der Waals surface area contributed by atoms with Gasteiger partial charge in [0.2, 0.25) is 0 Å². The number of ether oxygens (including phenoxy) is 1. The highest BCUT2D eigenvalue weighted by Gasteiger charge is 2.25. The highest BCUT2D eigenvalue weighted by Crippen LogP contribution is 2.26. The van der Waals surface area contributed by atoms with Crippen LogP contribution in [-0.2, 0) is 11.3 Å². The van der Waals surface area contributed by atoms with Crippen molar-refractivity contribution in [2.45, 2.75) is 12.6 Å². The number of morpholine rings is 1. The molecule has 1 fully saturated rings. The summed E-state index contributed by atoms with van der Waals surface area (Å²) < 4.78 is 33.3. The lowest BCUT2D eigenvalue weighted by molar-refractivity contribution is 0.00323. The maximum absolute atomic E-state index is 14.0. The van der Waals surface area contributed by atoms with Crippen LogP contribution in [0.1, 0.15) is 5.56 Å². The Balaban J connectivity index is 2.24. The maximum atomic E-state index is 14.0. The Morgan fingerprint density at radius 2 is 2.11 bits per heavy atom. The average molecular weight is 272 g/mol. The maximum Gasteiger partial charge on any atom is 0.149 e. The zero-order valence-electron chi connectivity index (χ0n) is 10.8. The topological polar surface area (TPSA) is 44.7 Å². The fourth-order valence-electron chi connectivity index (χ4n) is 2.26. The first-order valence-corrected chi connectivity index (χ1v) is 6.25. The van der Waals surface area contributed by atoms with Crippen LogP contribution in [-0.4, -0.2) is 44.6 Å². The molecule has 0 amide bonds. The molecular weight excluding hydrogens is 254 g/mol. The summed E-state index contributed by atoms with van der Waals surface area (Å²) in [5.74, 6) is -1.16. The summed E-state index contributed by atoms with van der Waals surface area (Å²) in [6.07, 6.45) is -0.399. The first kappa shape index (κ1) is 14.2. The first-order chi connectivity index (χ1) is 9.15. The van der Waals surface area contributed by atoms with Gasteiger partial charge >= 0.3 is 0 Å². The number of aliphatic hydroxyl groups is 1. The van der Waals surface area contributed by atoms with Crippen LogP contribution in [0.25, 0.3) is 0 Å². The van der Waals surface area contributed by atoms with Gasteiger partial charge in [-0.05, 0) is 24.7 Å². The minimum absolute atomic E-state index is 0.0402. The molecule has 2 rings (SSSR count). The molecule has 6 heteroatoms. The van der Waals surface area contributed by atoms with Crippen molar-refractivity contribution >= 4 is 5.69 Å². The van der Waals surface area contributed by atoms with Gasteiger partial charge in [-0.15, -0.1) is 0 Å². The number of rotatable bonds is 4. The summed E-state index contributed by atoms with van der Waals surface area (Å²) in [4.78, 5) is 1.58. The Kier molecular flexibility index (Phi) is 4.68. The van der Waals surface area contributed by atoms with E-state index in [0.29, 0.717) is 25.3 Å². The predicted octanol–water partition coefficient (Wildman–Crippen LogP) is 0.882. The van der Waals surface area contributed by atoms with Crippen LogP contribution in [0.5, 0.6) is 0 Å². The second kappa shape index (κ2) is 6.27. The van der Waals surface area contributed by atoms with Gasteiger partial charge in [0.05, 0.1) is 19.3 Å². The molecule has 1 aliphatic heterocycles. The molecule has 0 aromatic heterocycles. The van der Waals surface area contributed by atoms with Gasteiger partial charge < -0.3 is 20.1 Å². The van der Waals surface area contributed by atoms with Crippen molar-refractivity contribution in [1.29, 1.82) is 0 Å². The number of nitrogens with zero attached hydrogens (tertiary/aromatic N) is 1. The Morgan fingerprint density at radius 3 is 2.68 bits per heavy atom. The van der Waals surface area contributed by atoms with Gasteiger partial charge in [-0.3, -0.25) is 0 Å². The number of hydrogen-bond donors (Lipinski definition) is 2. The molecule has 2 N–H and O–H groups in total. The minimum atomic E-state index is -0.580. The minimum Gasteiger partial charge on any atom is -0.394 e. The molecule has 1 aliphatic rings. The standard InChI is InChI=1S/C13H18F2N2O2/c1-16-6-9-4-11(14)13(12(15)5-9)17-2-3-19-10(7-17)8-18/h4-5,10,16,18H,2-3,6-8H2,1H3. The molecule has 1 aromatic carbocycles. The van der Waals surface area contributed by atoms with Crippen LogP contribution >= 0.6 is 0 Å². The summed E-state index contributed by atoms with van der Waals surface area (Å²) in [6.45, 7) is 1.31. The molecule has 1 unspecified atom stereocenters. The highest BCUT2D eigenvalue weighted by molar-refractivity contribution is 5.51. The van der Waals surface area contributed by atoms with E-state index in [9.17, 15) is 8.78 Å². The third-order valence-electron chi connectivity index (χ3n) is 3.12. The summed E-state index contributed by atoms with van der Waals surface area (Å²) in [5.41, 5.74) is 0.523. The number of benzene rings is 1. The van der Waals surface area contributed by atoms with Crippen molar-refractivity contribution in [3.8, 4) is 0 Å². The van der Waals surface area contributed by atoms with Gasteiger partial charge in [-0.2, -0.15) is 0 Å². The van der Waals surface area contributed by atoms with E-state index in [2.05, 4.69) is 5.32 Å². The zero-order valence-corrected chi connectivity index (χ0v) is 10.8. The molecule has 19 heavy (non-hydrogen) atoms.